The minimum absolute atomic E-state index is 0.00771. The standard InChI is InChI=1S/C12H17ClN6O2S/c1-8-15-11(17-16-8)10-5-3-4-6-19(10)22(20,21)12-9(13)7-14-18(12)2/h7,10H,3-6H2,1-2H3,(H,15,16,17)/t10-/m1/s1. The summed E-state index contributed by atoms with van der Waals surface area (Å²) in [6.45, 7) is 2.21. The van der Waals surface area contributed by atoms with Crippen LogP contribution in [0.3, 0.4) is 0 Å². The number of sulfonamides is 1. The third-order valence-corrected chi connectivity index (χ3v) is 6.18. The molecular weight excluding hydrogens is 328 g/mol. The fourth-order valence-electron chi connectivity index (χ4n) is 2.76. The van der Waals surface area contributed by atoms with E-state index in [1.807, 2.05) is 0 Å². The van der Waals surface area contributed by atoms with Gasteiger partial charge < -0.3 is 0 Å². The first-order chi connectivity index (χ1) is 10.4. The average molecular weight is 345 g/mol. The molecule has 0 saturated carbocycles. The van der Waals surface area contributed by atoms with Gasteiger partial charge in [-0.15, -0.1) is 0 Å². The Morgan fingerprint density at radius 2 is 2.18 bits per heavy atom. The minimum atomic E-state index is -3.76. The third kappa shape index (κ3) is 2.53. The van der Waals surface area contributed by atoms with Crippen LogP contribution in [0.2, 0.25) is 5.02 Å². The van der Waals surface area contributed by atoms with Crippen molar-refractivity contribution in [1.82, 2.24) is 29.3 Å². The summed E-state index contributed by atoms with van der Waals surface area (Å²) in [6.07, 6.45) is 3.76. The van der Waals surface area contributed by atoms with E-state index in [-0.39, 0.29) is 16.1 Å². The van der Waals surface area contributed by atoms with Crippen LogP contribution in [0.25, 0.3) is 0 Å². The SMILES string of the molecule is Cc1nc([C@H]2CCCCN2S(=O)(=O)c2c(Cl)cnn2C)n[nH]1. The van der Waals surface area contributed by atoms with Crippen LogP contribution in [0.4, 0.5) is 0 Å². The van der Waals surface area contributed by atoms with Gasteiger partial charge in [-0.1, -0.05) is 18.0 Å². The molecule has 22 heavy (non-hydrogen) atoms. The van der Waals surface area contributed by atoms with E-state index in [9.17, 15) is 8.42 Å². The second-order valence-electron chi connectivity index (χ2n) is 5.33. The molecule has 0 spiro atoms. The molecule has 0 radical (unpaired) electrons. The van der Waals surface area contributed by atoms with Gasteiger partial charge in [0.25, 0.3) is 10.0 Å². The summed E-state index contributed by atoms with van der Waals surface area (Å²) in [5.74, 6) is 1.16. The van der Waals surface area contributed by atoms with Crippen LogP contribution in [0.1, 0.15) is 37.0 Å². The smallest absolute Gasteiger partial charge is 0.262 e. The molecule has 0 aromatic carbocycles. The summed E-state index contributed by atoms with van der Waals surface area (Å²) in [7, 11) is -2.20. The summed E-state index contributed by atoms with van der Waals surface area (Å²) in [5.41, 5.74) is 0. The van der Waals surface area contributed by atoms with Crippen molar-refractivity contribution >= 4 is 21.6 Å². The fourth-order valence-corrected chi connectivity index (χ4v) is 5.03. The van der Waals surface area contributed by atoms with Gasteiger partial charge in [0.1, 0.15) is 5.82 Å². The van der Waals surface area contributed by atoms with Gasteiger partial charge in [-0.05, 0) is 19.8 Å². The molecule has 10 heteroatoms. The van der Waals surface area contributed by atoms with Gasteiger partial charge in [-0.25, -0.2) is 13.4 Å². The lowest BCUT2D eigenvalue weighted by atomic mass is 10.0. The first kappa shape index (κ1) is 15.4. The molecule has 8 nitrogen and oxygen atoms in total. The van der Waals surface area contributed by atoms with Crippen molar-refractivity contribution < 1.29 is 8.42 Å². The Hall–Kier alpha value is -1.45. The van der Waals surface area contributed by atoms with Crippen molar-refractivity contribution in [2.45, 2.75) is 37.3 Å². The zero-order valence-corrected chi connectivity index (χ0v) is 13.9. The van der Waals surface area contributed by atoms with Crippen molar-refractivity contribution in [3.63, 3.8) is 0 Å². The predicted octanol–water partition coefficient (Wildman–Crippen LogP) is 1.42. The molecule has 120 valence electrons. The number of piperidine rings is 1. The van der Waals surface area contributed by atoms with E-state index in [1.54, 1.807) is 14.0 Å². The Morgan fingerprint density at radius 3 is 2.77 bits per heavy atom. The Balaban J connectivity index is 2.04. The van der Waals surface area contributed by atoms with E-state index in [2.05, 4.69) is 20.3 Å². The summed E-state index contributed by atoms with van der Waals surface area (Å²) < 4.78 is 28.7. The van der Waals surface area contributed by atoms with Crippen molar-refractivity contribution in [2.75, 3.05) is 6.54 Å². The van der Waals surface area contributed by atoms with Gasteiger partial charge in [-0.2, -0.15) is 14.5 Å². The summed E-state index contributed by atoms with van der Waals surface area (Å²) in [5, 5.41) is 11.0. The number of aromatic amines is 1. The lowest BCUT2D eigenvalue weighted by Crippen LogP contribution is -2.39. The zero-order valence-electron chi connectivity index (χ0n) is 12.3. The second kappa shape index (κ2) is 5.64. The minimum Gasteiger partial charge on any atom is -0.263 e. The molecule has 1 fully saturated rings. The van der Waals surface area contributed by atoms with E-state index >= 15 is 0 Å². The molecule has 0 unspecified atom stereocenters. The first-order valence-electron chi connectivity index (χ1n) is 6.99. The molecule has 1 saturated heterocycles. The maximum absolute atomic E-state index is 13.0. The van der Waals surface area contributed by atoms with Gasteiger partial charge in [-0.3, -0.25) is 9.78 Å². The number of nitrogens with one attached hydrogen (secondary N) is 1. The Kier molecular flexibility index (Phi) is 3.96. The quantitative estimate of drug-likeness (QED) is 0.908. The Bertz CT molecular complexity index is 764. The van der Waals surface area contributed by atoms with Crippen LogP contribution < -0.4 is 0 Å². The second-order valence-corrected chi connectivity index (χ2v) is 7.54. The van der Waals surface area contributed by atoms with Crippen molar-refractivity contribution in [3.05, 3.63) is 22.9 Å². The maximum Gasteiger partial charge on any atom is 0.262 e. The number of aryl methyl sites for hydroxylation is 2. The molecule has 0 amide bonds. The summed E-state index contributed by atoms with van der Waals surface area (Å²) in [4.78, 5) is 4.30. The Labute approximate surface area is 133 Å². The van der Waals surface area contributed by atoms with Gasteiger partial charge >= 0.3 is 0 Å². The Morgan fingerprint density at radius 1 is 1.41 bits per heavy atom. The number of hydrogen-bond acceptors (Lipinski definition) is 5. The first-order valence-corrected chi connectivity index (χ1v) is 8.81. The van der Waals surface area contributed by atoms with E-state index in [4.69, 9.17) is 11.6 Å². The van der Waals surface area contributed by atoms with Crippen LogP contribution >= 0.6 is 11.6 Å². The molecule has 0 aliphatic carbocycles. The van der Waals surface area contributed by atoms with E-state index in [0.29, 0.717) is 24.6 Å². The van der Waals surface area contributed by atoms with Crippen LogP contribution in [0, 0.1) is 6.92 Å². The molecule has 1 N–H and O–H groups in total. The molecule has 1 aliphatic heterocycles. The number of H-pyrrole nitrogens is 1. The van der Waals surface area contributed by atoms with E-state index in [1.165, 1.54) is 15.2 Å². The highest BCUT2D eigenvalue weighted by Crippen LogP contribution is 2.35. The highest BCUT2D eigenvalue weighted by atomic mass is 35.5. The van der Waals surface area contributed by atoms with Gasteiger partial charge in [0.15, 0.2) is 10.9 Å². The number of nitrogens with zero attached hydrogens (tertiary/aromatic N) is 5. The van der Waals surface area contributed by atoms with Gasteiger partial charge in [0, 0.05) is 13.6 Å². The number of aromatic nitrogens is 5. The van der Waals surface area contributed by atoms with Crippen molar-refractivity contribution in [1.29, 1.82) is 0 Å². The third-order valence-electron chi connectivity index (χ3n) is 3.76. The molecule has 1 atom stereocenters. The number of rotatable bonds is 3. The maximum atomic E-state index is 13.0. The topological polar surface area (TPSA) is 96.8 Å². The lowest BCUT2D eigenvalue weighted by molar-refractivity contribution is 0.245. The van der Waals surface area contributed by atoms with Gasteiger partial charge in [0.05, 0.1) is 17.3 Å². The molecular formula is C12H17ClN6O2S. The van der Waals surface area contributed by atoms with Crippen molar-refractivity contribution in [2.24, 2.45) is 7.05 Å². The summed E-state index contributed by atoms with van der Waals surface area (Å²) >= 11 is 6.02. The van der Waals surface area contributed by atoms with Gasteiger partial charge in [0.2, 0.25) is 0 Å². The molecule has 2 aromatic rings. The highest BCUT2D eigenvalue weighted by molar-refractivity contribution is 7.89. The number of hydrogen-bond donors (Lipinski definition) is 1. The molecule has 3 heterocycles. The monoisotopic (exact) mass is 344 g/mol. The molecule has 2 aromatic heterocycles. The normalized spacial score (nSPS) is 20.4. The molecule has 1 aliphatic rings. The van der Waals surface area contributed by atoms with E-state index in [0.717, 1.165) is 12.8 Å². The lowest BCUT2D eigenvalue weighted by Gasteiger charge is -2.32. The fraction of sp³-hybridized carbons (Fsp3) is 0.583. The van der Waals surface area contributed by atoms with Crippen molar-refractivity contribution in [3.8, 4) is 0 Å². The van der Waals surface area contributed by atoms with Crippen LogP contribution in [0.15, 0.2) is 11.2 Å². The largest absolute Gasteiger partial charge is 0.263 e. The average Bonchev–Trinajstić information content (AvgIpc) is 3.05. The zero-order chi connectivity index (χ0) is 15.9. The van der Waals surface area contributed by atoms with E-state index < -0.39 is 10.0 Å². The van der Waals surface area contributed by atoms with Crippen LogP contribution in [0.5, 0.6) is 0 Å². The molecule has 3 rings (SSSR count). The highest BCUT2D eigenvalue weighted by Gasteiger charge is 2.39. The number of halogens is 1. The predicted molar refractivity (Wildman–Crippen MR) is 79.8 cm³/mol. The van der Waals surface area contributed by atoms with Crippen LogP contribution in [-0.4, -0.2) is 44.2 Å². The molecule has 0 bridgehead atoms. The van der Waals surface area contributed by atoms with Crippen LogP contribution in [-0.2, 0) is 17.1 Å². The summed E-state index contributed by atoms with van der Waals surface area (Å²) in [6, 6.07) is -0.380.